The molecule has 1 aromatic carbocycles. The Morgan fingerprint density at radius 2 is 1.83 bits per heavy atom. The molecule has 15 heteroatoms. The summed E-state index contributed by atoms with van der Waals surface area (Å²) in [6, 6.07) is 3.55. The van der Waals surface area contributed by atoms with Crippen LogP contribution in [0.3, 0.4) is 0 Å². The number of fused-ring (bicyclic) bond motifs is 1. The van der Waals surface area contributed by atoms with Crippen molar-refractivity contribution in [2.45, 2.75) is 31.4 Å². The minimum absolute atomic E-state index is 0.0239. The van der Waals surface area contributed by atoms with Crippen molar-refractivity contribution in [1.29, 1.82) is 0 Å². The molecule has 4 aromatic rings. The molecule has 216 valence electrons. The average molecular weight is 580 g/mol. The fourth-order valence-electron chi connectivity index (χ4n) is 4.93. The van der Waals surface area contributed by atoms with Crippen molar-refractivity contribution in [1.82, 2.24) is 29.8 Å². The Balaban J connectivity index is 1.43. The summed E-state index contributed by atoms with van der Waals surface area (Å²) in [7, 11) is 1.25. The zero-order valence-corrected chi connectivity index (χ0v) is 21.6. The van der Waals surface area contributed by atoms with Gasteiger partial charge in [0.15, 0.2) is 5.82 Å². The van der Waals surface area contributed by atoms with Crippen LogP contribution in [0.25, 0.3) is 16.8 Å². The fourth-order valence-corrected chi connectivity index (χ4v) is 4.93. The van der Waals surface area contributed by atoms with Gasteiger partial charge in [-0.2, -0.15) is 18.3 Å². The van der Waals surface area contributed by atoms with Gasteiger partial charge in [0.05, 0.1) is 24.4 Å². The Morgan fingerprint density at radius 1 is 1.12 bits per heavy atom. The summed E-state index contributed by atoms with van der Waals surface area (Å²) in [4.78, 5) is 22.6. The predicted octanol–water partition coefficient (Wildman–Crippen LogP) is 4.19. The molecule has 9 nitrogen and oxygen atoms in total. The molecule has 41 heavy (non-hydrogen) atoms. The molecule has 0 aliphatic carbocycles. The summed E-state index contributed by atoms with van der Waals surface area (Å²) in [6.45, 7) is 1.57. The van der Waals surface area contributed by atoms with Crippen LogP contribution in [0.1, 0.15) is 34.5 Å². The number of methoxy groups -OCH3 is 1. The number of aromatic nitrogens is 4. The van der Waals surface area contributed by atoms with E-state index < -0.39 is 58.9 Å². The third kappa shape index (κ3) is 5.36. The third-order valence-electron chi connectivity index (χ3n) is 6.98. The van der Waals surface area contributed by atoms with Crippen LogP contribution in [0.4, 0.5) is 32.2 Å². The SMILES string of the molecule is COc1ncc(-c2cc(C(F)(F)F)c3c(N)ncnn23)cc1C(=O)N[C@@H]1CN(C(C)c2cc(F)cc(F)c2)C[C@@H]1F. The lowest BCUT2D eigenvalue weighted by Gasteiger charge is -2.24. The molecule has 4 heterocycles. The largest absolute Gasteiger partial charge is 0.480 e. The van der Waals surface area contributed by atoms with Crippen molar-refractivity contribution in [2.24, 2.45) is 0 Å². The number of nitrogens with one attached hydrogen (secondary N) is 1. The summed E-state index contributed by atoms with van der Waals surface area (Å²) in [5.74, 6) is -2.86. The minimum atomic E-state index is -4.78. The molecule has 0 bridgehead atoms. The maximum absolute atomic E-state index is 15.0. The van der Waals surface area contributed by atoms with Gasteiger partial charge in [-0.25, -0.2) is 27.7 Å². The molecule has 5 rings (SSSR count). The molecule has 1 saturated heterocycles. The predicted molar refractivity (Wildman–Crippen MR) is 135 cm³/mol. The Labute approximate surface area is 228 Å². The number of nitrogens with two attached hydrogens (primary N) is 1. The van der Waals surface area contributed by atoms with Crippen molar-refractivity contribution in [2.75, 3.05) is 25.9 Å². The van der Waals surface area contributed by atoms with Gasteiger partial charge in [0.25, 0.3) is 5.91 Å². The maximum Gasteiger partial charge on any atom is 0.418 e. The van der Waals surface area contributed by atoms with Gasteiger partial charge in [0.1, 0.15) is 35.2 Å². The molecule has 1 unspecified atom stereocenters. The van der Waals surface area contributed by atoms with Crippen molar-refractivity contribution < 1.29 is 35.9 Å². The normalized spacial score (nSPS) is 18.5. The second kappa shape index (κ2) is 10.5. The summed E-state index contributed by atoms with van der Waals surface area (Å²) in [5, 5.41) is 6.46. The lowest BCUT2D eigenvalue weighted by molar-refractivity contribution is -0.136. The zero-order valence-electron chi connectivity index (χ0n) is 21.6. The summed E-state index contributed by atoms with van der Waals surface area (Å²) >= 11 is 0. The quantitative estimate of drug-likeness (QED) is 0.330. The molecule has 0 radical (unpaired) electrons. The summed E-state index contributed by atoms with van der Waals surface area (Å²) < 4.78 is 89.8. The highest BCUT2D eigenvalue weighted by atomic mass is 19.4. The highest BCUT2D eigenvalue weighted by Gasteiger charge is 2.38. The Bertz CT molecular complexity index is 1610. The molecule has 3 atom stereocenters. The monoisotopic (exact) mass is 579 g/mol. The number of halogens is 6. The lowest BCUT2D eigenvalue weighted by atomic mass is 10.1. The summed E-state index contributed by atoms with van der Waals surface area (Å²) in [6.07, 6.45) is -4.11. The van der Waals surface area contributed by atoms with E-state index in [1.54, 1.807) is 11.8 Å². The van der Waals surface area contributed by atoms with Crippen LogP contribution in [-0.2, 0) is 6.18 Å². The number of amides is 1. The van der Waals surface area contributed by atoms with E-state index in [9.17, 15) is 26.7 Å². The van der Waals surface area contributed by atoms with Gasteiger partial charge in [0, 0.05) is 37.0 Å². The Morgan fingerprint density at radius 3 is 2.49 bits per heavy atom. The number of alkyl halides is 4. The van der Waals surface area contributed by atoms with Gasteiger partial charge in [-0.15, -0.1) is 0 Å². The van der Waals surface area contributed by atoms with Gasteiger partial charge in [-0.3, -0.25) is 9.69 Å². The molecule has 1 amide bonds. The summed E-state index contributed by atoms with van der Waals surface area (Å²) in [5.41, 5.74) is 4.31. The number of hydrogen-bond donors (Lipinski definition) is 2. The number of nitrogen functional groups attached to an aromatic ring is 1. The van der Waals surface area contributed by atoms with E-state index >= 15 is 4.39 Å². The van der Waals surface area contributed by atoms with E-state index in [0.717, 1.165) is 35.1 Å². The van der Waals surface area contributed by atoms with Gasteiger partial charge in [-0.05, 0) is 36.8 Å². The zero-order chi connectivity index (χ0) is 29.6. The van der Waals surface area contributed by atoms with Gasteiger partial charge < -0.3 is 15.8 Å². The van der Waals surface area contributed by atoms with E-state index in [1.807, 2.05) is 0 Å². The van der Waals surface area contributed by atoms with Crippen molar-refractivity contribution >= 4 is 17.2 Å². The van der Waals surface area contributed by atoms with Crippen LogP contribution in [0, 0.1) is 11.6 Å². The number of anilines is 1. The number of carbonyl (C=O) groups excluding carboxylic acids is 1. The van der Waals surface area contributed by atoms with Crippen LogP contribution in [0.15, 0.2) is 42.9 Å². The number of likely N-dealkylation sites (tertiary alicyclic amines) is 1. The van der Waals surface area contributed by atoms with Crippen LogP contribution in [0.2, 0.25) is 0 Å². The topological polar surface area (TPSA) is 111 Å². The van der Waals surface area contributed by atoms with Crippen LogP contribution in [-0.4, -0.2) is 62.8 Å². The number of benzene rings is 1. The standard InChI is InChI=1S/C26H23F6N7O2/c1-12(13-3-15(27)6-16(28)4-13)38-9-19(29)20(10-38)37-24(40)17-5-14(8-34-25(17)41-2)21-7-18(26(30,31)32)22-23(33)35-11-36-39(21)22/h3-8,11-12,19-20H,9-10H2,1-2H3,(H,37,40)(H2,33,35,36)/t12?,19-,20+/m0/s1. The first-order valence-corrected chi connectivity index (χ1v) is 12.3. The van der Waals surface area contributed by atoms with E-state index in [0.29, 0.717) is 5.56 Å². The van der Waals surface area contributed by atoms with E-state index in [2.05, 4.69) is 20.4 Å². The molecule has 1 aliphatic heterocycles. The van der Waals surface area contributed by atoms with Crippen molar-refractivity contribution in [3.05, 3.63) is 71.2 Å². The van der Waals surface area contributed by atoms with Gasteiger partial charge in [0.2, 0.25) is 5.88 Å². The van der Waals surface area contributed by atoms with Crippen LogP contribution < -0.4 is 15.8 Å². The molecular weight excluding hydrogens is 556 g/mol. The highest BCUT2D eigenvalue weighted by Crippen LogP contribution is 2.39. The molecule has 1 fully saturated rings. The maximum atomic E-state index is 15.0. The van der Waals surface area contributed by atoms with Crippen LogP contribution in [0.5, 0.6) is 5.88 Å². The molecular formula is C26H23F6N7O2. The van der Waals surface area contributed by atoms with Crippen molar-refractivity contribution in [3.8, 4) is 17.1 Å². The lowest BCUT2D eigenvalue weighted by Crippen LogP contribution is -2.41. The van der Waals surface area contributed by atoms with Crippen LogP contribution >= 0.6 is 0 Å². The van der Waals surface area contributed by atoms with E-state index in [1.165, 1.54) is 19.4 Å². The van der Waals surface area contributed by atoms with E-state index in [-0.39, 0.29) is 35.8 Å². The smallest absolute Gasteiger partial charge is 0.418 e. The van der Waals surface area contributed by atoms with Crippen molar-refractivity contribution in [3.63, 3.8) is 0 Å². The number of ether oxygens (including phenoxy) is 1. The Kier molecular flexibility index (Phi) is 7.23. The third-order valence-corrected chi connectivity index (χ3v) is 6.98. The number of rotatable bonds is 6. The molecule has 3 N–H and O–H groups in total. The first kappa shape index (κ1) is 28.1. The van der Waals surface area contributed by atoms with Gasteiger partial charge in [-0.1, -0.05) is 0 Å². The first-order chi connectivity index (χ1) is 19.4. The molecule has 3 aromatic heterocycles. The minimum Gasteiger partial charge on any atom is -0.480 e. The number of hydrogen-bond acceptors (Lipinski definition) is 7. The Hall–Kier alpha value is -4.40. The second-order valence-corrected chi connectivity index (χ2v) is 9.56. The van der Waals surface area contributed by atoms with E-state index in [4.69, 9.17) is 10.5 Å². The fraction of sp³-hybridized carbons (Fsp3) is 0.308. The molecule has 0 saturated carbocycles. The molecule has 0 spiro atoms. The second-order valence-electron chi connectivity index (χ2n) is 9.56. The molecule has 1 aliphatic rings. The number of pyridine rings is 1. The highest BCUT2D eigenvalue weighted by molar-refractivity contribution is 5.98. The van der Waals surface area contributed by atoms with Gasteiger partial charge >= 0.3 is 6.18 Å². The average Bonchev–Trinajstić information content (AvgIpc) is 3.49. The number of nitrogens with zero attached hydrogens (tertiary/aromatic N) is 5. The number of carbonyl (C=O) groups is 1. The first-order valence-electron chi connectivity index (χ1n) is 12.3.